The second-order valence-electron chi connectivity index (χ2n) is 3.48. The molecule has 0 saturated carbocycles. The van der Waals surface area contributed by atoms with Gasteiger partial charge in [0.05, 0.1) is 11.4 Å². The van der Waals surface area contributed by atoms with Gasteiger partial charge in [0.1, 0.15) is 0 Å². The highest BCUT2D eigenvalue weighted by atomic mass is 79.9. The number of amides is 1. The average molecular weight is 356 g/mol. The normalized spacial score (nSPS) is 14.1. The minimum atomic E-state index is -6.01. The van der Waals surface area contributed by atoms with Gasteiger partial charge in [-0.1, -0.05) is 15.9 Å². The monoisotopic (exact) mass is 355 g/mol. The zero-order valence-electron chi connectivity index (χ0n) is 9.69. The Hall–Kier alpha value is -0.770. The van der Waals surface area contributed by atoms with Crippen molar-refractivity contribution >= 4 is 27.6 Å². The Morgan fingerprint density at radius 2 is 1.79 bits per heavy atom. The first-order chi connectivity index (χ1) is 8.57. The molecule has 10 heteroatoms. The zero-order chi connectivity index (χ0) is 15.3. The smallest absolute Gasteiger partial charge is 0.385 e. The lowest BCUT2D eigenvalue weighted by molar-refractivity contribution is -0.270. The fourth-order valence-corrected chi connectivity index (χ4v) is 1.41. The Kier molecular flexibility index (Phi) is 6.84. The van der Waals surface area contributed by atoms with Crippen LogP contribution in [0.15, 0.2) is 0 Å². The van der Waals surface area contributed by atoms with Crippen LogP contribution in [0.5, 0.6) is 0 Å². The Bertz CT molecular complexity index is 334. The van der Waals surface area contributed by atoms with Crippen LogP contribution in [-0.4, -0.2) is 48.9 Å². The number of methoxy groups -OCH3 is 1. The summed E-state index contributed by atoms with van der Waals surface area (Å²) >= 11 is 2.74. The van der Waals surface area contributed by atoms with E-state index in [0.717, 1.165) is 0 Å². The molecule has 1 N–H and O–H groups in total. The summed E-state index contributed by atoms with van der Waals surface area (Å²) in [6, 6.07) is -1.47. The molecule has 0 aromatic heterocycles. The second kappa shape index (κ2) is 7.13. The van der Waals surface area contributed by atoms with Crippen LogP contribution >= 0.6 is 15.9 Å². The molecule has 1 unspecified atom stereocenters. The van der Waals surface area contributed by atoms with Gasteiger partial charge in [-0.15, -0.1) is 0 Å². The van der Waals surface area contributed by atoms with E-state index in [2.05, 4.69) is 20.7 Å². The average Bonchev–Trinajstić information content (AvgIpc) is 2.31. The van der Waals surface area contributed by atoms with E-state index in [4.69, 9.17) is 0 Å². The van der Waals surface area contributed by atoms with Crippen molar-refractivity contribution in [2.24, 2.45) is 0 Å². The molecule has 1 atom stereocenters. The minimum Gasteiger partial charge on any atom is -0.385 e. The van der Waals surface area contributed by atoms with Gasteiger partial charge < -0.3 is 10.1 Å². The van der Waals surface area contributed by atoms with Gasteiger partial charge in [-0.25, -0.2) is 0 Å². The largest absolute Gasteiger partial charge is 0.463 e. The number of ketones is 1. The van der Waals surface area contributed by atoms with Gasteiger partial charge in [0, 0.05) is 13.7 Å². The SMILES string of the molecule is COCCC(NC(=O)C(F)(F)C(F)(F)F)C(=O)CBr. The number of hydrogen-bond acceptors (Lipinski definition) is 3. The highest BCUT2D eigenvalue weighted by molar-refractivity contribution is 9.09. The van der Waals surface area contributed by atoms with Crippen molar-refractivity contribution in [1.29, 1.82) is 0 Å². The number of hydrogen-bond donors (Lipinski definition) is 1. The van der Waals surface area contributed by atoms with E-state index in [1.165, 1.54) is 12.4 Å². The number of carbonyl (C=O) groups excluding carboxylic acids is 2. The summed E-state index contributed by atoms with van der Waals surface area (Å²) in [5.41, 5.74) is 0. The number of ether oxygens (including phenoxy) is 1. The molecule has 4 nitrogen and oxygen atoms in total. The van der Waals surface area contributed by atoms with Crippen molar-refractivity contribution < 1.29 is 36.3 Å². The van der Waals surface area contributed by atoms with Crippen molar-refractivity contribution in [2.45, 2.75) is 24.6 Å². The van der Waals surface area contributed by atoms with Crippen LogP contribution in [0.2, 0.25) is 0 Å². The number of halogens is 6. The summed E-state index contributed by atoms with van der Waals surface area (Å²) < 4.78 is 65.8. The summed E-state index contributed by atoms with van der Waals surface area (Å²) in [7, 11) is 1.25. The topological polar surface area (TPSA) is 55.4 Å². The van der Waals surface area contributed by atoms with Crippen molar-refractivity contribution in [3.63, 3.8) is 0 Å². The maximum atomic E-state index is 12.7. The Morgan fingerprint density at radius 3 is 2.16 bits per heavy atom. The molecule has 0 bridgehead atoms. The van der Waals surface area contributed by atoms with Gasteiger partial charge in [0.15, 0.2) is 5.78 Å². The summed E-state index contributed by atoms with van der Waals surface area (Å²) in [5, 5.41) is 1.09. The van der Waals surface area contributed by atoms with E-state index in [0.29, 0.717) is 0 Å². The van der Waals surface area contributed by atoms with E-state index in [-0.39, 0.29) is 18.4 Å². The number of alkyl halides is 6. The van der Waals surface area contributed by atoms with Crippen LogP contribution in [0.1, 0.15) is 6.42 Å². The summed E-state index contributed by atoms with van der Waals surface area (Å²) in [6.45, 7) is -0.0821. The van der Waals surface area contributed by atoms with E-state index >= 15 is 0 Å². The van der Waals surface area contributed by atoms with Gasteiger partial charge in [-0.05, 0) is 6.42 Å². The molecule has 0 aromatic rings. The molecule has 0 aromatic carbocycles. The van der Waals surface area contributed by atoms with E-state index in [1.807, 2.05) is 0 Å². The lowest BCUT2D eigenvalue weighted by Crippen LogP contribution is -2.55. The van der Waals surface area contributed by atoms with Crippen LogP contribution in [0.4, 0.5) is 22.0 Å². The van der Waals surface area contributed by atoms with Crippen LogP contribution in [0.25, 0.3) is 0 Å². The summed E-state index contributed by atoms with van der Waals surface area (Å²) in [5.74, 6) is -8.84. The molecule has 1 amide bonds. The third-order valence-electron chi connectivity index (χ3n) is 2.08. The Morgan fingerprint density at radius 1 is 1.26 bits per heavy atom. The maximum Gasteiger partial charge on any atom is 0.463 e. The lowest BCUT2D eigenvalue weighted by atomic mass is 10.1. The number of Topliss-reactive ketones (excluding diaryl/α,β-unsaturated/α-hetero) is 1. The molecule has 19 heavy (non-hydrogen) atoms. The highest BCUT2D eigenvalue weighted by Crippen LogP contribution is 2.35. The highest BCUT2D eigenvalue weighted by Gasteiger charge is 2.63. The number of nitrogens with one attached hydrogen (secondary N) is 1. The molecule has 0 saturated heterocycles. The lowest BCUT2D eigenvalue weighted by Gasteiger charge is -2.22. The molecular weight excluding hydrogens is 345 g/mol. The first-order valence-corrected chi connectivity index (χ1v) is 6.03. The second-order valence-corrected chi connectivity index (χ2v) is 4.04. The number of carbonyl (C=O) groups is 2. The van der Waals surface area contributed by atoms with Crippen LogP contribution < -0.4 is 5.32 Å². The summed E-state index contributed by atoms with van der Waals surface area (Å²) in [4.78, 5) is 22.2. The van der Waals surface area contributed by atoms with E-state index in [9.17, 15) is 31.5 Å². The quantitative estimate of drug-likeness (QED) is 0.558. The molecule has 0 aliphatic rings. The van der Waals surface area contributed by atoms with Gasteiger partial charge in [0.2, 0.25) is 0 Å². The Labute approximate surface area is 113 Å². The van der Waals surface area contributed by atoms with E-state index in [1.54, 1.807) is 0 Å². The van der Waals surface area contributed by atoms with Crippen LogP contribution in [0, 0.1) is 0 Å². The van der Waals surface area contributed by atoms with E-state index < -0.39 is 29.8 Å². The maximum absolute atomic E-state index is 12.7. The fraction of sp³-hybridized carbons (Fsp3) is 0.778. The molecule has 0 spiro atoms. The van der Waals surface area contributed by atoms with Gasteiger partial charge >= 0.3 is 18.0 Å². The van der Waals surface area contributed by atoms with Crippen molar-refractivity contribution in [2.75, 3.05) is 19.0 Å². The molecule has 0 fully saturated rings. The molecular formula is C9H11BrF5NO3. The molecule has 0 rings (SSSR count). The van der Waals surface area contributed by atoms with Gasteiger partial charge in [-0.2, -0.15) is 22.0 Å². The predicted molar refractivity (Wildman–Crippen MR) is 58.2 cm³/mol. The summed E-state index contributed by atoms with van der Waals surface area (Å²) in [6.07, 6.45) is -6.22. The van der Waals surface area contributed by atoms with Gasteiger partial charge in [0.25, 0.3) is 0 Å². The van der Waals surface area contributed by atoms with Crippen LogP contribution in [0.3, 0.4) is 0 Å². The first kappa shape index (κ1) is 18.2. The molecule has 0 radical (unpaired) electrons. The first-order valence-electron chi connectivity index (χ1n) is 4.91. The minimum absolute atomic E-state index is 0.0821. The van der Waals surface area contributed by atoms with Crippen LogP contribution in [-0.2, 0) is 14.3 Å². The third kappa shape index (κ3) is 5.01. The van der Waals surface area contributed by atoms with Crippen molar-refractivity contribution in [3.05, 3.63) is 0 Å². The predicted octanol–water partition coefficient (Wildman–Crippen LogP) is 1.67. The Balaban J connectivity index is 4.85. The fourth-order valence-electron chi connectivity index (χ4n) is 1.02. The van der Waals surface area contributed by atoms with Gasteiger partial charge in [-0.3, -0.25) is 9.59 Å². The zero-order valence-corrected chi connectivity index (χ0v) is 11.3. The number of rotatable bonds is 7. The van der Waals surface area contributed by atoms with Crippen molar-refractivity contribution in [1.82, 2.24) is 5.32 Å². The third-order valence-corrected chi connectivity index (χ3v) is 2.63. The molecule has 0 aliphatic heterocycles. The standard InChI is InChI=1S/C9H11BrF5NO3/c1-19-3-2-5(6(17)4-10)16-7(18)8(11,12)9(13,14)15/h5H,2-4H2,1H3,(H,16,18). The molecule has 0 heterocycles. The molecule has 0 aliphatic carbocycles. The molecule has 112 valence electrons. The van der Waals surface area contributed by atoms with Crippen molar-refractivity contribution in [3.8, 4) is 0 Å².